The molecule has 1 unspecified atom stereocenters. The lowest BCUT2D eigenvalue weighted by Gasteiger charge is -2.19. The summed E-state index contributed by atoms with van der Waals surface area (Å²) in [5, 5.41) is 42.6. The molecule has 0 aliphatic heterocycles. The summed E-state index contributed by atoms with van der Waals surface area (Å²) in [6.45, 7) is -1.28. The van der Waals surface area contributed by atoms with E-state index in [-0.39, 0.29) is 17.9 Å². The van der Waals surface area contributed by atoms with Crippen LogP contribution in [0.1, 0.15) is 0 Å². The van der Waals surface area contributed by atoms with Crippen molar-refractivity contribution in [1.82, 2.24) is 0 Å². The van der Waals surface area contributed by atoms with Gasteiger partial charge in [0.1, 0.15) is 18.3 Å². The van der Waals surface area contributed by atoms with Gasteiger partial charge in [-0.3, -0.25) is 0 Å². The van der Waals surface area contributed by atoms with E-state index in [4.69, 9.17) is 25.5 Å². The third-order valence-electron chi connectivity index (χ3n) is 1.16. The van der Waals surface area contributed by atoms with Gasteiger partial charge in [-0.25, -0.2) is 0 Å². The van der Waals surface area contributed by atoms with Gasteiger partial charge in [-0.05, 0) is 0 Å². The van der Waals surface area contributed by atoms with Gasteiger partial charge in [-0.15, -0.1) is 12.4 Å². The lowest BCUT2D eigenvalue weighted by atomic mass is 10.1. The maximum atomic E-state index is 8.77. The molecule has 0 aliphatic rings. The van der Waals surface area contributed by atoms with Gasteiger partial charge in [-0.1, -0.05) is 0 Å². The van der Waals surface area contributed by atoms with Gasteiger partial charge >= 0.3 is 0 Å². The molecular formula is C5H15ClO6. The van der Waals surface area contributed by atoms with Crippen molar-refractivity contribution in [2.75, 3.05) is 13.2 Å². The van der Waals surface area contributed by atoms with Gasteiger partial charge < -0.3 is 31.0 Å². The average Bonchev–Trinajstić information content (AvgIpc) is 2.00. The molecule has 7 N–H and O–H groups in total. The van der Waals surface area contributed by atoms with Crippen LogP contribution in [0.4, 0.5) is 0 Å². The number of halogens is 1. The summed E-state index contributed by atoms with van der Waals surface area (Å²) in [5.41, 5.74) is 0. The molecule has 0 bridgehead atoms. The molecule has 12 heavy (non-hydrogen) atoms. The van der Waals surface area contributed by atoms with Crippen LogP contribution in [0.25, 0.3) is 0 Å². The van der Waals surface area contributed by atoms with Crippen LogP contribution in [0.15, 0.2) is 0 Å². The first-order valence-electron chi connectivity index (χ1n) is 2.89. The Bertz CT molecular complexity index is 82.0. The molecule has 0 fully saturated rings. The lowest BCUT2D eigenvalue weighted by Crippen LogP contribution is -2.41. The molecule has 0 aromatic carbocycles. The summed E-state index contributed by atoms with van der Waals surface area (Å²) in [4.78, 5) is 0. The van der Waals surface area contributed by atoms with E-state index in [9.17, 15) is 0 Å². The standard InChI is InChI=1S/C5H12O5.ClH.H2O/c6-1-3(8)5(10)4(9)2-7;;/h3-10H,1-2H2;1H;1H2/t3-,4+,5?;;. The second-order valence-corrected chi connectivity index (χ2v) is 1.99. The third kappa shape index (κ3) is 5.67. The highest BCUT2D eigenvalue weighted by Crippen LogP contribution is 1.97. The lowest BCUT2D eigenvalue weighted by molar-refractivity contribution is -0.0900. The fourth-order valence-electron chi connectivity index (χ4n) is 0.472. The summed E-state index contributed by atoms with van der Waals surface area (Å²) in [7, 11) is 0. The predicted octanol–water partition coefficient (Wildman–Crippen LogP) is -3.35. The van der Waals surface area contributed by atoms with Crippen LogP contribution >= 0.6 is 12.4 Å². The third-order valence-corrected chi connectivity index (χ3v) is 1.16. The molecule has 0 radical (unpaired) electrons. The molecule has 78 valence electrons. The number of hydrogen-bond donors (Lipinski definition) is 5. The first-order valence-corrected chi connectivity index (χ1v) is 2.89. The van der Waals surface area contributed by atoms with Crippen molar-refractivity contribution < 1.29 is 31.0 Å². The number of aliphatic hydroxyl groups is 5. The first-order chi connectivity index (χ1) is 4.63. The summed E-state index contributed by atoms with van der Waals surface area (Å²) in [5.74, 6) is 0. The van der Waals surface area contributed by atoms with E-state index in [1.807, 2.05) is 0 Å². The van der Waals surface area contributed by atoms with Crippen molar-refractivity contribution in [3.63, 3.8) is 0 Å². The summed E-state index contributed by atoms with van der Waals surface area (Å²) >= 11 is 0. The van der Waals surface area contributed by atoms with E-state index in [1.165, 1.54) is 0 Å². The monoisotopic (exact) mass is 206 g/mol. The summed E-state index contributed by atoms with van der Waals surface area (Å²) in [6.07, 6.45) is -4.29. The Kier molecular flexibility index (Phi) is 13.7. The fourth-order valence-corrected chi connectivity index (χ4v) is 0.472. The minimum Gasteiger partial charge on any atom is -0.412 e. The SMILES string of the molecule is Cl.O.OC[C@@H](O)C(O)[C@@H](O)CO. The molecule has 6 nitrogen and oxygen atoms in total. The Morgan fingerprint density at radius 3 is 1.25 bits per heavy atom. The van der Waals surface area contributed by atoms with Crippen molar-refractivity contribution >= 4 is 12.4 Å². The predicted molar refractivity (Wildman–Crippen MR) is 43.1 cm³/mol. The van der Waals surface area contributed by atoms with Gasteiger partial charge in [0.25, 0.3) is 0 Å². The van der Waals surface area contributed by atoms with E-state index >= 15 is 0 Å². The van der Waals surface area contributed by atoms with Crippen LogP contribution in [-0.2, 0) is 0 Å². The normalized spacial score (nSPS) is 16.8. The average molecular weight is 207 g/mol. The number of rotatable bonds is 4. The molecule has 3 atom stereocenters. The Morgan fingerprint density at radius 1 is 0.833 bits per heavy atom. The zero-order chi connectivity index (χ0) is 8.15. The van der Waals surface area contributed by atoms with Crippen LogP contribution in [0, 0.1) is 0 Å². The second-order valence-electron chi connectivity index (χ2n) is 1.99. The van der Waals surface area contributed by atoms with Gasteiger partial charge in [0.05, 0.1) is 13.2 Å². The van der Waals surface area contributed by atoms with Crippen molar-refractivity contribution in [2.45, 2.75) is 18.3 Å². The van der Waals surface area contributed by atoms with Crippen molar-refractivity contribution in [2.24, 2.45) is 0 Å². The molecule has 0 rings (SSSR count). The summed E-state index contributed by atoms with van der Waals surface area (Å²) in [6, 6.07) is 0. The second kappa shape index (κ2) is 9.14. The minimum absolute atomic E-state index is 0. The first kappa shape index (κ1) is 18.0. The highest BCUT2D eigenvalue weighted by molar-refractivity contribution is 5.85. The van der Waals surface area contributed by atoms with Crippen molar-refractivity contribution in [1.29, 1.82) is 0 Å². The largest absolute Gasteiger partial charge is 0.412 e. The van der Waals surface area contributed by atoms with Crippen LogP contribution in [0.2, 0.25) is 0 Å². The van der Waals surface area contributed by atoms with E-state index in [0.29, 0.717) is 0 Å². The maximum Gasteiger partial charge on any atom is 0.110 e. The minimum atomic E-state index is -1.49. The van der Waals surface area contributed by atoms with Gasteiger partial charge in [-0.2, -0.15) is 0 Å². The molecule has 0 amide bonds. The van der Waals surface area contributed by atoms with Gasteiger partial charge in [0, 0.05) is 0 Å². The molecule has 0 aliphatic carbocycles. The Morgan fingerprint density at radius 2 is 1.08 bits per heavy atom. The number of aliphatic hydroxyl groups excluding tert-OH is 5. The molecule has 0 heterocycles. The molecule has 0 aromatic heterocycles. The smallest absolute Gasteiger partial charge is 0.110 e. The zero-order valence-corrected chi connectivity index (χ0v) is 7.11. The van der Waals surface area contributed by atoms with Gasteiger partial charge in [0.2, 0.25) is 0 Å². The van der Waals surface area contributed by atoms with Crippen LogP contribution in [0.5, 0.6) is 0 Å². The molecule has 0 spiro atoms. The maximum absolute atomic E-state index is 8.77. The topological polar surface area (TPSA) is 133 Å². The molecular weight excluding hydrogens is 192 g/mol. The molecule has 0 saturated heterocycles. The molecule has 0 saturated carbocycles. The quantitative estimate of drug-likeness (QED) is 0.328. The van der Waals surface area contributed by atoms with Crippen molar-refractivity contribution in [3.8, 4) is 0 Å². The van der Waals surface area contributed by atoms with Crippen LogP contribution in [-0.4, -0.2) is 62.5 Å². The highest BCUT2D eigenvalue weighted by atomic mass is 35.5. The van der Waals surface area contributed by atoms with Crippen LogP contribution < -0.4 is 0 Å². The van der Waals surface area contributed by atoms with Crippen LogP contribution in [0.3, 0.4) is 0 Å². The van der Waals surface area contributed by atoms with Gasteiger partial charge in [0.15, 0.2) is 0 Å². The zero-order valence-electron chi connectivity index (χ0n) is 6.29. The van der Waals surface area contributed by atoms with E-state index in [2.05, 4.69) is 0 Å². The molecule has 0 aromatic rings. The highest BCUT2D eigenvalue weighted by Gasteiger charge is 2.22. The van der Waals surface area contributed by atoms with Crippen molar-refractivity contribution in [3.05, 3.63) is 0 Å². The fraction of sp³-hybridized carbons (Fsp3) is 1.00. The Labute approximate surface area is 75.8 Å². The Balaban J connectivity index is -0.000000405. The summed E-state index contributed by atoms with van der Waals surface area (Å²) < 4.78 is 0. The van der Waals surface area contributed by atoms with E-state index < -0.39 is 31.5 Å². The van der Waals surface area contributed by atoms with E-state index in [0.717, 1.165) is 0 Å². The Hall–Kier alpha value is 0.0500. The number of hydrogen-bond acceptors (Lipinski definition) is 5. The molecule has 7 heteroatoms. The van der Waals surface area contributed by atoms with E-state index in [1.54, 1.807) is 0 Å².